The van der Waals surface area contributed by atoms with Gasteiger partial charge in [-0.05, 0) is 61.1 Å². The lowest BCUT2D eigenvalue weighted by Crippen LogP contribution is -2.52. The number of carbonyl (C=O) groups is 6. The van der Waals surface area contributed by atoms with Crippen molar-refractivity contribution in [3.63, 3.8) is 0 Å². The van der Waals surface area contributed by atoms with Gasteiger partial charge in [0.15, 0.2) is 5.60 Å². The van der Waals surface area contributed by atoms with Crippen LogP contribution < -0.4 is 36.9 Å². The van der Waals surface area contributed by atoms with Crippen LogP contribution in [-0.2, 0) is 70.0 Å². The number of aliphatic hydroxyl groups is 1. The first kappa shape index (κ1) is 46.1. The van der Waals surface area contributed by atoms with Crippen LogP contribution in [0.4, 0.5) is 0 Å². The molecular weight excluding hydrogens is 839 g/mol. The first-order valence-corrected chi connectivity index (χ1v) is 21.7. The number of benzene rings is 2. The first-order chi connectivity index (χ1) is 31.4. The van der Waals surface area contributed by atoms with E-state index in [1.165, 1.54) is 11.7 Å². The first-order valence-electron chi connectivity index (χ1n) is 21.7. The number of esters is 1. The molecule has 0 fully saturated rings. The molecule has 18 nitrogen and oxygen atoms in total. The summed E-state index contributed by atoms with van der Waals surface area (Å²) in [6.07, 6.45) is 8.95. The number of rotatable bonds is 17. The second-order valence-electron chi connectivity index (χ2n) is 16.2. The van der Waals surface area contributed by atoms with Gasteiger partial charge in [0.1, 0.15) is 25.0 Å². The van der Waals surface area contributed by atoms with Crippen molar-refractivity contribution in [3.05, 3.63) is 105 Å². The number of nitrogens with one attached hydrogen (secondary N) is 5. The Morgan fingerprint density at radius 2 is 1.66 bits per heavy atom. The molecule has 0 bridgehead atoms. The highest BCUT2D eigenvalue weighted by Gasteiger charge is 2.45. The zero-order valence-corrected chi connectivity index (χ0v) is 36.3. The average Bonchev–Trinajstić information content (AvgIpc) is 3.67. The van der Waals surface area contributed by atoms with E-state index in [1.54, 1.807) is 55.5 Å². The number of allylic oxidation sites excluding steroid dienone is 1. The van der Waals surface area contributed by atoms with Gasteiger partial charge in [-0.15, -0.1) is 0 Å². The summed E-state index contributed by atoms with van der Waals surface area (Å²) in [7, 11) is 1.52. The van der Waals surface area contributed by atoms with Gasteiger partial charge in [-0.25, -0.2) is 9.78 Å². The Bertz CT molecular complexity index is 2580. The monoisotopic (exact) mass is 891 g/mol. The Morgan fingerprint density at radius 1 is 0.908 bits per heavy atom. The molecule has 4 aromatic rings. The SMILES string of the molecule is CC[C@@]1(O)C(=O)OCc2c1cc1n(c2=O)Cc2c-1nc1ccc(OC)cc1c2CNC(=O)CNC(=O)[C@H](Cc1ccccc1)NC(=O)CNC(=O)CNC(=O)COC1/C=C\CCCCC1. The molecule has 3 atom stereocenters. The molecule has 0 radical (unpaired) electrons. The van der Waals surface area contributed by atoms with Crippen molar-refractivity contribution in [2.24, 2.45) is 0 Å². The van der Waals surface area contributed by atoms with Crippen molar-refractivity contribution in [3.8, 4) is 17.1 Å². The number of hydrogen-bond acceptors (Lipinski definition) is 12. The molecule has 342 valence electrons. The molecule has 0 spiro atoms. The number of methoxy groups -OCH3 is 1. The molecule has 1 aliphatic carbocycles. The van der Waals surface area contributed by atoms with Gasteiger partial charge in [0, 0.05) is 29.5 Å². The fraction of sp³-hybridized carbons (Fsp3) is 0.404. The van der Waals surface area contributed by atoms with E-state index in [9.17, 15) is 38.7 Å². The third kappa shape index (κ3) is 10.7. The van der Waals surface area contributed by atoms with Gasteiger partial charge in [-0.1, -0.05) is 62.2 Å². The number of pyridine rings is 2. The van der Waals surface area contributed by atoms with Crippen LogP contribution in [0.25, 0.3) is 22.3 Å². The van der Waals surface area contributed by atoms with Crippen LogP contribution in [0.1, 0.15) is 73.3 Å². The Kier molecular flexibility index (Phi) is 14.7. The van der Waals surface area contributed by atoms with E-state index in [1.807, 2.05) is 12.1 Å². The molecule has 4 heterocycles. The number of carbonyl (C=O) groups excluding carboxylic acids is 6. The number of nitrogens with zero attached hydrogens (tertiary/aromatic N) is 2. The van der Waals surface area contributed by atoms with Gasteiger partial charge in [-0.2, -0.15) is 0 Å². The molecule has 18 heteroatoms. The number of ether oxygens (including phenoxy) is 3. The molecule has 2 aromatic carbocycles. The molecule has 1 unspecified atom stereocenters. The molecule has 3 aliphatic rings. The third-order valence-electron chi connectivity index (χ3n) is 11.9. The third-order valence-corrected chi connectivity index (χ3v) is 11.9. The largest absolute Gasteiger partial charge is 0.497 e. The molecule has 6 N–H and O–H groups in total. The number of aromatic nitrogens is 2. The van der Waals surface area contributed by atoms with E-state index in [4.69, 9.17) is 19.2 Å². The summed E-state index contributed by atoms with van der Waals surface area (Å²) in [5, 5.41) is 25.0. The normalized spacial score (nSPS) is 18.3. The highest BCUT2D eigenvalue weighted by molar-refractivity contribution is 5.94. The second kappa shape index (κ2) is 20.7. The van der Waals surface area contributed by atoms with Crippen molar-refractivity contribution < 1.29 is 48.1 Å². The van der Waals surface area contributed by atoms with Gasteiger partial charge in [0.05, 0.1) is 61.9 Å². The van der Waals surface area contributed by atoms with Crippen molar-refractivity contribution in [2.45, 2.75) is 89.3 Å². The number of fused-ring (bicyclic) bond motifs is 5. The van der Waals surface area contributed by atoms with E-state index in [0.29, 0.717) is 39.2 Å². The molecular formula is C47H53N7O11. The van der Waals surface area contributed by atoms with E-state index in [2.05, 4.69) is 32.7 Å². The summed E-state index contributed by atoms with van der Waals surface area (Å²) in [6.45, 7) is -0.129. The predicted octanol–water partition coefficient (Wildman–Crippen LogP) is 1.69. The van der Waals surface area contributed by atoms with Gasteiger partial charge >= 0.3 is 5.97 Å². The molecule has 0 saturated heterocycles. The maximum Gasteiger partial charge on any atom is 0.343 e. The summed E-state index contributed by atoms with van der Waals surface area (Å²) in [5.74, 6) is -3.26. The highest BCUT2D eigenvalue weighted by Crippen LogP contribution is 2.40. The molecule has 5 amide bonds. The van der Waals surface area contributed by atoms with E-state index in [-0.39, 0.29) is 62.9 Å². The fourth-order valence-electron chi connectivity index (χ4n) is 8.24. The van der Waals surface area contributed by atoms with Gasteiger partial charge in [-0.3, -0.25) is 28.8 Å². The van der Waals surface area contributed by atoms with Crippen molar-refractivity contribution >= 4 is 46.4 Å². The summed E-state index contributed by atoms with van der Waals surface area (Å²) in [6, 6.07) is 14.7. The van der Waals surface area contributed by atoms with Crippen molar-refractivity contribution in [2.75, 3.05) is 33.4 Å². The topological polar surface area (TPSA) is 245 Å². The van der Waals surface area contributed by atoms with Gasteiger partial charge in [0.25, 0.3) is 5.56 Å². The van der Waals surface area contributed by atoms with E-state index in [0.717, 1.165) is 37.7 Å². The number of cyclic esters (lactones) is 1. The summed E-state index contributed by atoms with van der Waals surface area (Å²) in [5.41, 5.74) is 1.30. The van der Waals surface area contributed by atoms with Gasteiger partial charge in [0.2, 0.25) is 29.5 Å². The summed E-state index contributed by atoms with van der Waals surface area (Å²) in [4.78, 5) is 96.3. The maximum absolute atomic E-state index is 13.9. The van der Waals surface area contributed by atoms with Crippen LogP contribution in [0.5, 0.6) is 5.75 Å². The smallest absolute Gasteiger partial charge is 0.343 e. The number of amides is 5. The molecule has 2 aliphatic heterocycles. The van der Waals surface area contributed by atoms with E-state index < -0.39 is 65.8 Å². The zero-order valence-electron chi connectivity index (χ0n) is 36.3. The average molecular weight is 892 g/mol. The van der Waals surface area contributed by atoms with Crippen LogP contribution in [0, 0.1) is 0 Å². The lowest BCUT2D eigenvalue weighted by molar-refractivity contribution is -0.172. The Balaban J connectivity index is 0.979. The molecule has 65 heavy (non-hydrogen) atoms. The predicted molar refractivity (Wildman–Crippen MR) is 236 cm³/mol. The minimum Gasteiger partial charge on any atom is -0.497 e. The Morgan fingerprint density at radius 3 is 2.45 bits per heavy atom. The minimum atomic E-state index is -2.00. The fourth-order valence-corrected chi connectivity index (χ4v) is 8.24. The Labute approximate surface area is 374 Å². The number of hydrogen-bond donors (Lipinski definition) is 6. The van der Waals surface area contributed by atoms with Crippen molar-refractivity contribution in [1.29, 1.82) is 0 Å². The lowest BCUT2D eigenvalue weighted by atomic mass is 9.86. The van der Waals surface area contributed by atoms with Crippen LogP contribution in [0.2, 0.25) is 0 Å². The molecule has 0 saturated carbocycles. The quantitative estimate of drug-likeness (QED) is 0.0577. The van der Waals surface area contributed by atoms with Gasteiger partial charge < -0.3 is 50.5 Å². The van der Waals surface area contributed by atoms with Crippen molar-refractivity contribution in [1.82, 2.24) is 36.1 Å². The lowest BCUT2D eigenvalue weighted by Gasteiger charge is -2.31. The Hall–Kier alpha value is -6.92. The summed E-state index contributed by atoms with van der Waals surface area (Å²) >= 11 is 0. The van der Waals surface area contributed by atoms with E-state index >= 15 is 0 Å². The van der Waals surface area contributed by atoms with Crippen LogP contribution >= 0.6 is 0 Å². The second-order valence-corrected chi connectivity index (χ2v) is 16.2. The van der Waals surface area contributed by atoms with Crippen LogP contribution in [-0.4, -0.2) is 95.7 Å². The minimum absolute atomic E-state index is 0.0113. The standard InChI is InChI=1S/C47H53N7O11/c1-3-47(62)35-20-38-43-33(25-54(38)45(60)34(35)26-65-46(47)61)32(31-19-30(63-2)16-17-36(31)53-43)21-48-40(56)23-51-44(59)37(18-28-12-8-7-9-13-28)52-41(57)24-49-39(55)22-50-42(58)27-64-29-14-10-5-4-6-11-15-29/h7-10,12-14,16-17,19-20,29,37,62H,3-6,11,15,18,21-27H2,1-2H3,(H,48,56)(H,49,55)(H,50,58)(H,51,59)(H,52,57)/b14-10-/t29?,37-,47-/m0/s1. The summed E-state index contributed by atoms with van der Waals surface area (Å²) < 4.78 is 17.9. The zero-order chi connectivity index (χ0) is 46.1. The van der Waals surface area contributed by atoms with Crippen LogP contribution in [0.3, 0.4) is 0 Å². The molecule has 2 aromatic heterocycles. The molecule has 7 rings (SSSR count). The van der Waals surface area contributed by atoms with Crippen LogP contribution in [0.15, 0.2) is 71.5 Å². The highest BCUT2D eigenvalue weighted by atomic mass is 16.6. The maximum atomic E-state index is 13.9.